The van der Waals surface area contributed by atoms with Crippen LogP contribution in [0.4, 0.5) is 0 Å². The average Bonchev–Trinajstić information content (AvgIpc) is 2.64. The molecule has 2 aromatic rings. The van der Waals surface area contributed by atoms with Crippen molar-refractivity contribution in [1.82, 2.24) is 5.32 Å². The number of rotatable bonds is 7. The van der Waals surface area contributed by atoms with Gasteiger partial charge in [0.05, 0.1) is 19.8 Å². The minimum atomic E-state index is -0.370. The number of benzene rings is 2. The van der Waals surface area contributed by atoms with Crippen LogP contribution in [-0.4, -0.2) is 26.1 Å². The fraction of sp³-hybridized carbons (Fsp3) is 0.263. The quantitative estimate of drug-likeness (QED) is 0.794. The Bertz CT molecular complexity index is 678. The highest BCUT2D eigenvalue weighted by Gasteiger charge is 2.06. The van der Waals surface area contributed by atoms with Gasteiger partial charge in [-0.1, -0.05) is 24.3 Å². The molecule has 0 radical (unpaired) electrons. The van der Waals surface area contributed by atoms with Crippen LogP contribution in [0.5, 0.6) is 5.75 Å². The van der Waals surface area contributed by atoms with Gasteiger partial charge in [-0.2, -0.15) is 0 Å². The van der Waals surface area contributed by atoms with Gasteiger partial charge in [0.1, 0.15) is 5.75 Å². The number of amides is 1. The molecule has 0 aliphatic heterocycles. The maximum Gasteiger partial charge on any atom is 0.337 e. The maximum absolute atomic E-state index is 11.9. The Hall–Kier alpha value is -2.82. The molecule has 0 aromatic heterocycles. The van der Waals surface area contributed by atoms with E-state index < -0.39 is 0 Å². The minimum absolute atomic E-state index is 0.0112. The number of hydrogen-bond donors (Lipinski definition) is 1. The van der Waals surface area contributed by atoms with Crippen LogP contribution in [0.25, 0.3) is 0 Å². The van der Waals surface area contributed by atoms with Crippen molar-refractivity contribution in [3.63, 3.8) is 0 Å². The van der Waals surface area contributed by atoms with Crippen LogP contribution in [0.3, 0.4) is 0 Å². The zero-order chi connectivity index (χ0) is 17.4. The summed E-state index contributed by atoms with van der Waals surface area (Å²) in [5.41, 5.74) is 2.51. The third-order valence-electron chi connectivity index (χ3n) is 3.66. The summed E-state index contributed by atoms with van der Waals surface area (Å²) >= 11 is 0. The molecular weight excluding hydrogens is 306 g/mol. The second-order valence-electron chi connectivity index (χ2n) is 5.31. The summed E-state index contributed by atoms with van der Waals surface area (Å²) in [4.78, 5) is 23.3. The van der Waals surface area contributed by atoms with E-state index >= 15 is 0 Å². The third-order valence-corrected chi connectivity index (χ3v) is 3.66. The molecule has 0 aliphatic carbocycles. The van der Waals surface area contributed by atoms with Crippen molar-refractivity contribution >= 4 is 11.9 Å². The Morgan fingerprint density at radius 1 is 0.917 bits per heavy atom. The molecule has 2 rings (SSSR count). The van der Waals surface area contributed by atoms with E-state index in [0.717, 1.165) is 16.9 Å². The van der Waals surface area contributed by atoms with Gasteiger partial charge in [0.25, 0.3) is 0 Å². The molecule has 0 aliphatic rings. The summed E-state index contributed by atoms with van der Waals surface area (Å²) in [6, 6.07) is 14.7. The van der Waals surface area contributed by atoms with Crippen LogP contribution in [0.1, 0.15) is 27.9 Å². The predicted octanol–water partition coefficient (Wildman–Crippen LogP) is 2.73. The number of ether oxygens (including phenoxy) is 2. The SMILES string of the molecule is COC(=O)c1ccc(CNC(=O)CCc2ccc(OC)cc2)cc1. The van der Waals surface area contributed by atoms with Crippen molar-refractivity contribution in [1.29, 1.82) is 0 Å². The molecule has 0 heterocycles. The number of esters is 1. The van der Waals surface area contributed by atoms with Gasteiger partial charge < -0.3 is 14.8 Å². The standard InChI is InChI=1S/C19H21NO4/c1-23-17-10-5-14(6-11-17)7-12-18(21)20-13-15-3-8-16(9-4-15)19(22)24-2/h3-6,8-11H,7,12-13H2,1-2H3,(H,20,21). The second-order valence-corrected chi connectivity index (χ2v) is 5.31. The van der Waals surface area contributed by atoms with E-state index in [9.17, 15) is 9.59 Å². The molecule has 0 fully saturated rings. The number of carbonyl (C=O) groups is 2. The molecule has 24 heavy (non-hydrogen) atoms. The lowest BCUT2D eigenvalue weighted by molar-refractivity contribution is -0.121. The molecule has 0 saturated heterocycles. The Kier molecular flexibility index (Phi) is 6.37. The van der Waals surface area contributed by atoms with Crippen molar-refractivity contribution in [2.75, 3.05) is 14.2 Å². The average molecular weight is 327 g/mol. The Morgan fingerprint density at radius 3 is 2.12 bits per heavy atom. The van der Waals surface area contributed by atoms with Crippen LogP contribution in [0.15, 0.2) is 48.5 Å². The molecule has 5 heteroatoms. The van der Waals surface area contributed by atoms with Crippen LogP contribution in [0, 0.1) is 0 Å². The molecule has 0 bridgehead atoms. The lowest BCUT2D eigenvalue weighted by atomic mass is 10.1. The number of hydrogen-bond acceptors (Lipinski definition) is 4. The van der Waals surface area contributed by atoms with Gasteiger partial charge in [0.15, 0.2) is 0 Å². The first-order valence-corrected chi connectivity index (χ1v) is 7.69. The summed E-state index contributed by atoms with van der Waals surface area (Å²) < 4.78 is 9.75. The van der Waals surface area contributed by atoms with Crippen LogP contribution in [0.2, 0.25) is 0 Å². The first-order chi connectivity index (χ1) is 11.6. The normalized spacial score (nSPS) is 10.1. The number of methoxy groups -OCH3 is 2. The van der Waals surface area contributed by atoms with Gasteiger partial charge in [-0.15, -0.1) is 0 Å². The lowest BCUT2D eigenvalue weighted by Gasteiger charge is -2.07. The van der Waals surface area contributed by atoms with E-state index in [2.05, 4.69) is 10.1 Å². The van der Waals surface area contributed by atoms with Crippen molar-refractivity contribution in [2.45, 2.75) is 19.4 Å². The van der Waals surface area contributed by atoms with Crippen molar-refractivity contribution in [3.8, 4) is 5.75 Å². The fourth-order valence-corrected chi connectivity index (χ4v) is 2.22. The zero-order valence-electron chi connectivity index (χ0n) is 13.9. The van der Waals surface area contributed by atoms with Gasteiger partial charge in [0.2, 0.25) is 5.91 Å². The summed E-state index contributed by atoms with van der Waals surface area (Å²) in [6.07, 6.45) is 1.10. The van der Waals surface area contributed by atoms with Gasteiger partial charge >= 0.3 is 5.97 Å². The lowest BCUT2D eigenvalue weighted by Crippen LogP contribution is -2.23. The second kappa shape index (κ2) is 8.72. The van der Waals surface area contributed by atoms with Gasteiger partial charge in [-0.05, 0) is 41.8 Å². The molecule has 0 unspecified atom stereocenters. The highest BCUT2D eigenvalue weighted by atomic mass is 16.5. The topological polar surface area (TPSA) is 64.6 Å². The van der Waals surface area contributed by atoms with Gasteiger partial charge in [-0.3, -0.25) is 4.79 Å². The Balaban J connectivity index is 1.77. The summed E-state index contributed by atoms with van der Waals surface area (Å²) in [5, 5.41) is 2.87. The first kappa shape index (κ1) is 17.5. The Morgan fingerprint density at radius 2 is 1.54 bits per heavy atom. The third kappa shape index (κ3) is 5.12. The molecule has 126 valence electrons. The Labute approximate surface area is 141 Å². The van der Waals surface area contributed by atoms with Crippen molar-refractivity contribution in [2.24, 2.45) is 0 Å². The van der Waals surface area contributed by atoms with E-state index in [1.54, 1.807) is 31.4 Å². The molecular formula is C19H21NO4. The summed E-state index contributed by atoms with van der Waals surface area (Å²) in [5.74, 6) is 0.423. The molecule has 0 atom stereocenters. The van der Waals surface area contributed by atoms with Crippen LogP contribution < -0.4 is 10.1 Å². The largest absolute Gasteiger partial charge is 0.497 e. The molecule has 5 nitrogen and oxygen atoms in total. The molecule has 1 amide bonds. The van der Waals surface area contributed by atoms with Crippen LogP contribution >= 0.6 is 0 Å². The van der Waals surface area contributed by atoms with Crippen LogP contribution in [-0.2, 0) is 22.5 Å². The number of nitrogens with one attached hydrogen (secondary N) is 1. The van der Waals surface area contributed by atoms with E-state index in [1.165, 1.54) is 7.11 Å². The highest BCUT2D eigenvalue weighted by Crippen LogP contribution is 2.12. The molecule has 1 N–H and O–H groups in total. The zero-order valence-corrected chi connectivity index (χ0v) is 13.9. The van der Waals surface area contributed by atoms with Crippen molar-refractivity contribution < 1.29 is 19.1 Å². The summed E-state index contributed by atoms with van der Waals surface area (Å²) in [7, 11) is 2.97. The first-order valence-electron chi connectivity index (χ1n) is 7.69. The minimum Gasteiger partial charge on any atom is -0.497 e. The fourth-order valence-electron chi connectivity index (χ4n) is 2.22. The van der Waals surface area contributed by atoms with E-state index in [0.29, 0.717) is 24.9 Å². The smallest absolute Gasteiger partial charge is 0.337 e. The maximum atomic E-state index is 11.9. The summed E-state index contributed by atoms with van der Waals surface area (Å²) in [6.45, 7) is 0.433. The molecule has 2 aromatic carbocycles. The predicted molar refractivity (Wildman–Crippen MR) is 90.9 cm³/mol. The van der Waals surface area contributed by atoms with E-state index in [1.807, 2.05) is 24.3 Å². The van der Waals surface area contributed by atoms with Gasteiger partial charge in [0, 0.05) is 13.0 Å². The monoisotopic (exact) mass is 327 g/mol. The number of carbonyl (C=O) groups excluding carboxylic acids is 2. The van der Waals surface area contributed by atoms with E-state index in [4.69, 9.17) is 4.74 Å². The van der Waals surface area contributed by atoms with E-state index in [-0.39, 0.29) is 11.9 Å². The van der Waals surface area contributed by atoms with Gasteiger partial charge in [-0.25, -0.2) is 4.79 Å². The number of aryl methyl sites for hydroxylation is 1. The van der Waals surface area contributed by atoms with Crippen molar-refractivity contribution in [3.05, 3.63) is 65.2 Å². The molecule has 0 spiro atoms. The highest BCUT2D eigenvalue weighted by molar-refractivity contribution is 5.89. The molecule has 0 saturated carbocycles.